The second kappa shape index (κ2) is 4.65. The summed E-state index contributed by atoms with van der Waals surface area (Å²) >= 11 is 0. The summed E-state index contributed by atoms with van der Waals surface area (Å²) < 4.78 is 0. The average molecular weight is 232 g/mol. The van der Waals surface area contributed by atoms with E-state index >= 15 is 0 Å². The summed E-state index contributed by atoms with van der Waals surface area (Å²) in [7, 11) is 1.68. The van der Waals surface area contributed by atoms with Crippen molar-refractivity contribution in [2.45, 2.75) is 6.54 Å². The van der Waals surface area contributed by atoms with Crippen molar-refractivity contribution in [2.75, 3.05) is 7.05 Å². The molecule has 17 heavy (non-hydrogen) atoms. The van der Waals surface area contributed by atoms with Gasteiger partial charge in [-0.05, 0) is 6.07 Å². The van der Waals surface area contributed by atoms with E-state index < -0.39 is 0 Å². The van der Waals surface area contributed by atoms with Crippen LogP contribution in [0.4, 0.5) is 0 Å². The van der Waals surface area contributed by atoms with Gasteiger partial charge in [0.15, 0.2) is 0 Å². The number of nitrogens with one attached hydrogen (secondary N) is 2. The molecule has 0 aliphatic heterocycles. The third-order valence-electron chi connectivity index (χ3n) is 2.34. The zero-order valence-corrected chi connectivity index (χ0v) is 9.30. The molecule has 6 heteroatoms. The maximum Gasteiger partial charge on any atom is 0.254 e. The second-order valence-corrected chi connectivity index (χ2v) is 3.71. The number of hydrogen-bond acceptors (Lipinski definition) is 3. The smallest absolute Gasteiger partial charge is 0.254 e. The van der Waals surface area contributed by atoms with Gasteiger partial charge >= 0.3 is 0 Å². The molecule has 2 N–H and O–H groups in total. The number of rotatable bonds is 3. The molecule has 0 saturated heterocycles. The number of carbonyl (C=O) groups is 1. The first kappa shape index (κ1) is 11.1. The van der Waals surface area contributed by atoms with Crippen LogP contribution in [0.3, 0.4) is 0 Å². The first-order valence-corrected chi connectivity index (χ1v) is 5.08. The van der Waals surface area contributed by atoms with E-state index in [0.717, 1.165) is 5.56 Å². The molecule has 0 aromatic carbocycles. The van der Waals surface area contributed by atoms with E-state index in [1.54, 1.807) is 25.5 Å². The maximum atomic E-state index is 12.0. The van der Waals surface area contributed by atoms with Gasteiger partial charge in [0.25, 0.3) is 5.91 Å². The van der Waals surface area contributed by atoms with E-state index in [2.05, 4.69) is 15.2 Å². The molecule has 88 valence electrons. The van der Waals surface area contributed by atoms with Gasteiger partial charge in [-0.25, -0.2) is 0 Å². The first-order chi connectivity index (χ1) is 8.16. The summed E-state index contributed by atoms with van der Waals surface area (Å²) in [5.74, 6) is -0.197. The molecule has 0 saturated carbocycles. The lowest BCUT2D eigenvalue weighted by atomic mass is 10.2. The Balaban J connectivity index is 2.12. The molecule has 0 atom stereocenters. The predicted molar refractivity (Wildman–Crippen MR) is 61.4 cm³/mol. The van der Waals surface area contributed by atoms with E-state index in [1.807, 2.05) is 0 Å². The van der Waals surface area contributed by atoms with Crippen LogP contribution in [0.25, 0.3) is 0 Å². The molecule has 0 spiro atoms. The Labute approximate surface area is 97.3 Å². The average Bonchev–Trinajstić information content (AvgIpc) is 2.80. The zero-order chi connectivity index (χ0) is 12.3. The molecule has 0 aliphatic carbocycles. The summed E-state index contributed by atoms with van der Waals surface area (Å²) in [4.78, 5) is 27.1. The minimum atomic E-state index is -0.285. The van der Waals surface area contributed by atoms with E-state index in [1.165, 1.54) is 17.2 Å². The van der Waals surface area contributed by atoms with Crippen molar-refractivity contribution < 1.29 is 4.79 Å². The number of hydrogen-bond donors (Lipinski definition) is 2. The lowest BCUT2D eigenvalue weighted by molar-refractivity contribution is 0.0785. The molecule has 2 aromatic rings. The van der Waals surface area contributed by atoms with Gasteiger partial charge in [-0.15, -0.1) is 0 Å². The standard InChI is InChI=1S/C11H12N4O2/c1-15(7-8-5-13-14-6-8)11(17)9-2-3-12-10(16)4-9/h2-6H,7H2,1H3,(H,12,16)(H,13,14). The fourth-order valence-corrected chi connectivity index (χ4v) is 1.51. The lowest BCUT2D eigenvalue weighted by Gasteiger charge is -2.15. The van der Waals surface area contributed by atoms with Crippen molar-refractivity contribution >= 4 is 5.91 Å². The maximum absolute atomic E-state index is 12.0. The molecule has 1 amide bonds. The summed E-state index contributed by atoms with van der Waals surface area (Å²) in [5, 5.41) is 6.48. The number of nitrogens with zero attached hydrogens (tertiary/aromatic N) is 2. The van der Waals surface area contributed by atoms with Crippen LogP contribution >= 0.6 is 0 Å². The molecule has 2 heterocycles. The second-order valence-electron chi connectivity index (χ2n) is 3.71. The summed E-state index contributed by atoms with van der Waals surface area (Å²) in [6.45, 7) is 0.447. The highest BCUT2D eigenvalue weighted by Crippen LogP contribution is 2.04. The fourth-order valence-electron chi connectivity index (χ4n) is 1.51. The third kappa shape index (κ3) is 2.60. The number of amides is 1. The Morgan fingerprint density at radius 1 is 1.53 bits per heavy atom. The highest BCUT2D eigenvalue weighted by Gasteiger charge is 2.12. The Morgan fingerprint density at radius 3 is 3.00 bits per heavy atom. The summed E-state index contributed by atoms with van der Waals surface area (Å²) in [5.41, 5.74) is 0.998. The Hall–Kier alpha value is -2.37. The van der Waals surface area contributed by atoms with Gasteiger partial charge in [0.05, 0.1) is 6.20 Å². The minimum Gasteiger partial charge on any atom is -0.337 e. The largest absolute Gasteiger partial charge is 0.337 e. The molecule has 0 aliphatic rings. The van der Waals surface area contributed by atoms with Gasteiger partial charge < -0.3 is 9.88 Å². The van der Waals surface area contributed by atoms with Crippen molar-refractivity contribution in [2.24, 2.45) is 0 Å². The van der Waals surface area contributed by atoms with Gasteiger partial charge in [0.1, 0.15) is 0 Å². The number of pyridine rings is 1. The van der Waals surface area contributed by atoms with Crippen LogP contribution in [0.2, 0.25) is 0 Å². The Bertz CT molecular complexity index is 559. The van der Waals surface area contributed by atoms with Crippen molar-refractivity contribution in [3.05, 3.63) is 52.2 Å². The van der Waals surface area contributed by atoms with E-state index in [9.17, 15) is 9.59 Å². The Kier molecular flexibility index (Phi) is 3.04. The van der Waals surface area contributed by atoms with Crippen LogP contribution < -0.4 is 5.56 Å². The van der Waals surface area contributed by atoms with Crippen LogP contribution in [0.1, 0.15) is 15.9 Å². The zero-order valence-electron chi connectivity index (χ0n) is 9.30. The molecule has 0 bridgehead atoms. The van der Waals surface area contributed by atoms with Crippen LogP contribution in [0, 0.1) is 0 Å². The van der Waals surface area contributed by atoms with Crippen molar-refractivity contribution in [1.29, 1.82) is 0 Å². The predicted octanol–water partition coefficient (Wildman–Crippen LogP) is 0.370. The van der Waals surface area contributed by atoms with E-state index in [4.69, 9.17) is 0 Å². The summed E-state index contributed by atoms with van der Waals surface area (Å²) in [6.07, 6.45) is 4.84. The minimum absolute atomic E-state index is 0.197. The van der Waals surface area contributed by atoms with Gasteiger partial charge in [0, 0.05) is 43.2 Å². The quantitative estimate of drug-likeness (QED) is 0.802. The van der Waals surface area contributed by atoms with Crippen molar-refractivity contribution in [3.8, 4) is 0 Å². The molecule has 2 aromatic heterocycles. The molecule has 6 nitrogen and oxygen atoms in total. The Morgan fingerprint density at radius 2 is 2.35 bits per heavy atom. The monoisotopic (exact) mass is 232 g/mol. The molecule has 2 rings (SSSR count). The topological polar surface area (TPSA) is 81.8 Å². The molecular formula is C11H12N4O2. The number of H-pyrrole nitrogens is 2. The van der Waals surface area contributed by atoms with Crippen LogP contribution in [-0.2, 0) is 6.54 Å². The molecule has 0 unspecified atom stereocenters. The number of aromatic amines is 2. The fraction of sp³-hybridized carbons (Fsp3) is 0.182. The molecule has 0 radical (unpaired) electrons. The van der Waals surface area contributed by atoms with Gasteiger partial charge in [-0.1, -0.05) is 0 Å². The van der Waals surface area contributed by atoms with Gasteiger partial charge in [0.2, 0.25) is 5.56 Å². The molecule has 0 fully saturated rings. The summed E-state index contributed by atoms with van der Waals surface area (Å²) in [6, 6.07) is 2.86. The number of carbonyl (C=O) groups excluding carboxylic acids is 1. The highest BCUT2D eigenvalue weighted by atomic mass is 16.2. The van der Waals surface area contributed by atoms with Crippen molar-refractivity contribution in [3.63, 3.8) is 0 Å². The third-order valence-corrected chi connectivity index (χ3v) is 2.34. The van der Waals surface area contributed by atoms with Crippen LogP contribution in [0.5, 0.6) is 0 Å². The van der Waals surface area contributed by atoms with Gasteiger partial charge in [-0.2, -0.15) is 5.10 Å². The van der Waals surface area contributed by atoms with Crippen LogP contribution in [0.15, 0.2) is 35.5 Å². The number of aromatic nitrogens is 3. The normalized spacial score (nSPS) is 10.2. The van der Waals surface area contributed by atoms with E-state index in [0.29, 0.717) is 12.1 Å². The lowest BCUT2D eigenvalue weighted by Crippen LogP contribution is -2.27. The SMILES string of the molecule is CN(Cc1cn[nH]c1)C(=O)c1cc[nH]c(=O)c1. The van der Waals surface area contributed by atoms with Crippen molar-refractivity contribution in [1.82, 2.24) is 20.1 Å². The van der Waals surface area contributed by atoms with Crippen LogP contribution in [-0.4, -0.2) is 33.0 Å². The first-order valence-electron chi connectivity index (χ1n) is 5.08. The van der Waals surface area contributed by atoms with E-state index in [-0.39, 0.29) is 11.5 Å². The molecular weight excluding hydrogens is 220 g/mol. The van der Waals surface area contributed by atoms with Gasteiger partial charge in [-0.3, -0.25) is 14.7 Å². The highest BCUT2D eigenvalue weighted by molar-refractivity contribution is 5.93.